The number of esters is 1. The summed E-state index contributed by atoms with van der Waals surface area (Å²) in [6, 6.07) is 19.5. The Balaban J connectivity index is 1.79. The molecule has 0 bridgehead atoms. The van der Waals surface area contributed by atoms with Crippen molar-refractivity contribution in [2.45, 2.75) is 22.3 Å². The van der Waals surface area contributed by atoms with Gasteiger partial charge in [0.25, 0.3) is 0 Å². The molecule has 1 aliphatic carbocycles. The summed E-state index contributed by atoms with van der Waals surface area (Å²) in [6.45, 7) is 0.466. The zero-order chi connectivity index (χ0) is 18.3. The first kappa shape index (κ1) is 17.3. The van der Waals surface area contributed by atoms with Crippen LogP contribution in [0.5, 0.6) is 0 Å². The maximum atomic E-state index is 12.9. The van der Waals surface area contributed by atoms with Gasteiger partial charge < -0.3 is 9.64 Å². The number of alkyl halides is 1. The van der Waals surface area contributed by atoms with E-state index in [0.29, 0.717) is 13.0 Å². The van der Waals surface area contributed by atoms with Crippen molar-refractivity contribution in [3.05, 3.63) is 83.1 Å². The number of carbonyl (C=O) groups excluding carboxylic acids is 2. The van der Waals surface area contributed by atoms with E-state index in [1.165, 1.54) is 7.11 Å². The van der Waals surface area contributed by atoms with Crippen LogP contribution < -0.4 is 0 Å². The smallest absolute Gasteiger partial charge is 0.326 e. The predicted molar refractivity (Wildman–Crippen MR) is 107 cm³/mol. The summed E-state index contributed by atoms with van der Waals surface area (Å²) in [7, 11) is 1.41. The van der Waals surface area contributed by atoms with Crippen LogP contribution in [0.15, 0.2) is 71.9 Å². The van der Waals surface area contributed by atoms with Gasteiger partial charge in [-0.05, 0) is 16.7 Å². The third-order valence-corrected chi connectivity index (χ3v) is 6.13. The van der Waals surface area contributed by atoms with Gasteiger partial charge in [-0.1, -0.05) is 83.3 Å². The van der Waals surface area contributed by atoms with Crippen LogP contribution in [0.25, 0.3) is 0 Å². The molecule has 0 fully saturated rings. The molecule has 1 heterocycles. The normalized spacial score (nSPS) is 24.3. The molecule has 5 heteroatoms. The Bertz CT molecular complexity index is 894. The number of amides is 1. The summed E-state index contributed by atoms with van der Waals surface area (Å²) in [5, 5.41) is 0. The van der Waals surface area contributed by atoms with Crippen molar-refractivity contribution >= 4 is 34.5 Å². The fraction of sp³-hybridized carbons (Fsp3) is 0.238. The second-order valence-corrected chi connectivity index (χ2v) is 8.01. The number of rotatable bonds is 4. The second-order valence-electron chi connectivity index (χ2n) is 6.51. The highest BCUT2D eigenvalue weighted by Gasteiger charge is 2.68. The number of benzene rings is 2. The minimum absolute atomic E-state index is 0.00132. The molecule has 132 valence electrons. The van der Waals surface area contributed by atoms with E-state index in [1.807, 2.05) is 60.7 Å². The third kappa shape index (κ3) is 2.48. The SMILES string of the molecule is COC(=O)C1(c2ccccc2)C2=C1N(Cc1ccccc1)C(=O)CC2I. The average molecular weight is 459 g/mol. The van der Waals surface area contributed by atoms with Gasteiger partial charge in [0, 0.05) is 16.0 Å². The molecule has 0 saturated carbocycles. The van der Waals surface area contributed by atoms with E-state index in [1.54, 1.807) is 4.90 Å². The number of ether oxygens (including phenoxy) is 1. The van der Waals surface area contributed by atoms with Gasteiger partial charge in [-0.2, -0.15) is 0 Å². The Morgan fingerprint density at radius 2 is 1.77 bits per heavy atom. The monoisotopic (exact) mass is 459 g/mol. The van der Waals surface area contributed by atoms with E-state index in [0.717, 1.165) is 22.4 Å². The molecule has 26 heavy (non-hydrogen) atoms. The summed E-state index contributed by atoms with van der Waals surface area (Å²) < 4.78 is 5.19. The highest BCUT2D eigenvalue weighted by molar-refractivity contribution is 14.1. The van der Waals surface area contributed by atoms with Crippen molar-refractivity contribution < 1.29 is 14.3 Å². The standard InChI is InChI=1S/C21H18INO3/c1-26-20(25)21(15-10-6-3-7-11-15)18-16(22)12-17(24)23(19(18)21)13-14-8-4-2-5-9-14/h2-11,16H,12-13H2,1H3. The number of nitrogens with zero attached hydrogens (tertiary/aromatic N) is 1. The maximum Gasteiger partial charge on any atom is 0.326 e. The minimum Gasteiger partial charge on any atom is -0.468 e. The first-order valence-electron chi connectivity index (χ1n) is 8.48. The molecular weight excluding hydrogens is 441 g/mol. The first-order valence-corrected chi connectivity index (χ1v) is 9.72. The minimum atomic E-state index is -0.928. The molecule has 1 aliphatic heterocycles. The highest BCUT2D eigenvalue weighted by atomic mass is 127. The molecule has 0 N–H and O–H groups in total. The molecule has 1 amide bonds. The Morgan fingerprint density at radius 1 is 1.15 bits per heavy atom. The molecule has 0 spiro atoms. The average Bonchev–Trinajstić information content (AvgIpc) is 3.38. The Kier molecular flexibility index (Phi) is 4.34. The van der Waals surface area contributed by atoms with E-state index in [2.05, 4.69) is 22.6 Å². The number of carbonyl (C=O) groups is 2. The van der Waals surface area contributed by atoms with Crippen LogP contribution in [0.1, 0.15) is 17.5 Å². The molecular formula is C21H18INO3. The second kappa shape index (κ2) is 6.54. The predicted octanol–water partition coefficient (Wildman–Crippen LogP) is 3.60. The Labute approximate surface area is 166 Å². The van der Waals surface area contributed by atoms with Crippen molar-refractivity contribution in [1.82, 2.24) is 4.90 Å². The summed E-state index contributed by atoms with van der Waals surface area (Å²) in [6.07, 6.45) is 0.401. The summed E-state index contributed by atoms with van der Waals surface area (Å²) in [5.41, 5.74) is 2.79. The van der Waals surface area contributed by atoms with E-state index < -0.39 is 5.41 Å². The van der Waals surface area contributed by atoms with Gasteiger partial charge in [-0.3, -0.25) is 9.59 Å². The van der Waals surface area contributed by atoms with Gasteiger partial charge in [0.05, 0.1) is 13.7 Å². The highest BCUT2D eigenvalue weighted by Crippen LogP contribution is 2.62. The van der Waals surface area contributed by atoms with E-state index in [4.69, 9.17) is 4.74 Å². The Hall–Kier alpha value is -2.15. The molecule has 2 aromatic carbocycles. The first-order chi connectivity index (χ1) is 12.6. The summed E-state index contributed by atoms with van der Waals surface area (Å²) in [5.74, 6) is -0.267. The maximum absolute atomic E-state index is 12.9. The van der Waals surface area contributed by atoms with Gasteiger partial charge in [-0.25, -0.2) is 0 Å². The van der Waals surface area contributed by atoms with Gasteiger partial charge >= 0.3 is 5.97 Å². The molecule has 2 unspecified atom stereocenters. The fourth-order valence-corrected chi connectivity index (χ4v) is 5.04. The van der Waals surface area contributed by atoms with Crippen LogP contribution in [-0.2, 0) is 26.3 Å². The lowest BCUT2D eigenvalue weighted by atomic mass is 9.88. The molecule has 4 nitrogen and oxygen atoms in total. The molecule has 0 saturated heterocycles. The largest absolute Gasteiger partial charge is 0.468 e. The van der Waals surface area contributed by atoms with Gasteiger partial charge in [0.1, 0.15) is 0 Å². The van der Waals surface area contributed by atoms with Crippen LogP contribution in [0.2, 0.25) is 0 Å². The fourth-order valence-electron chi connectivity index (χ4n) is 3.90. The van der Waals surface area contributed by atoms with Crippen molar-refractivity contribution in [2.24, 2.45) is 0 Å². The van der Waals surface area contributed by atoms with Crippen molar-refractivity contribution in [3.8, 4) is 0 Å². The molecule has 2 aromatic rings. The zero-order valence-corrected chi connectivity index (χ0v) is 16.5. The van der Waals surface area contributed by atoms with Crippen LogP contribution >= 0.6 is 22.6 Å². The molecule has 2 aliphatic rings. The van der Waals surface area contributed by atoms with E-state index in [-0.39, 0.29) is 15.8 Å². The lowest BCUT2D eigenvalue weighted by Crippen LogP contribution is -2.34. The number of hydrogen-bond acceptors (Lipinski definition) is 3. The number of likely N-dealkylation sites (tertiary alicyclic amines) is 1. The topological polar surface area (TPSA) is 46.6 Å². The van der Waals surface area contributed by atoms with Gasteiger partial charge in [-0.15, -0.1) is 0 Å². The van der Waals surface area contributed by atoms with Crippen LogP contribution in [0, 0.1) is 0 Å². The van der Waals surface area contributed by atoms with E-state index >= 15 is 0 Å². The van der Waals surface area contributed by atoms with Crippen molar-refractivity contribution in [1.29, 1.82) is 0 Å². The van der Waals surface area contributed by atoms with Gasteiger partial charge in [0.2, 0.25) is 5.91 Å². The Morgan fingerprint density at radius 3 is 2.38 bits per heavy atom. The zero-order valence-electron chi connectivity index (χ0n) is 14.3. The summed E-state index contributed by atoms with van der Waals surface area (Å²) in [4.78, 5) is 27.5. The van der Waals surface area contributed by atoms with Crippen LogP contribution in [0.4, 0.5) is 0 Å². The van der Waals surface area contributed by atoms with Crippen molar-refractivity contribution in [2.75, 3.05) is 7.11 Å². The third-order valence-electron chi connectivity index (χ3n) is 5.07. The lowest BCUT2D eigenvalue weighted by molar-refractivity contribution is -0.143. The van der Waals surface area contributed by atoms with Crippen LogP contribution in [0.3, 0.4) is 0 Å². The number of methoxy groups -OCH3 is 1. The molecule has 0 aromatic heterocycles. The molecule has 4 rings (SSSR count). The lowest BCUT2D eigenvalue weighted by Gasteiger charge is -2.25. The quantitative estimate of drug-likeness (QED) is 0.399. The van der Waals surface area contributed by atoms with Crippen molar-refractivity contribution in [3.63, 3.8) is 0 Å². The molecule has 0 radical (unpaired) electrons. The number of halogens is 1. The van der Waals surface area contributed by atoms with E-state index in [9.17, 15) is 9.59 Å². The number of hydrogen-bond donors (Lipinski definition) is 0. The van der Waals surface area contributed by atoms with Gasteiger partial charge in [0.15, 0.2) is 5.41 Å². The summed E-state index contributed by atoms with van der Waals surface area (Å²) >= 11 is 2.27. The molecule has 2 atom stereocenters. The van der Waals surface area contributed by atoms with Crippen LogP contribution in [-0.4, -0.2) is 27.8 Å².